The van der Waals surface area contributed by atoms with Gasteiger partial charge in [0, 0.05) is 13.0 Å². The quantitative estimate of drug-likeness (QED) is 0.838. The Morgan fingerprint density at radius 1 is 1.20 bits per heavy atom. The van der Waals surface area contributed by atoms with Crippen molar-refractivity contribution in [1.29, 1.82) is 0 Å². The van der Waals surface area contributed by atoms with E-state index in [4.69, 9.17) is 4.42 Å². The van der Waals surface area contributed by atoms with E-state index in [9.17, 15) is 0 Å². The fourth-order valence-electron chi connectivity index (χ4n) is 1.43. The molecule has 2 nitrogen and oxygen atoms in total. The maximum Gasteiger partial charge on any atom is 0.117 e. The van der Waals surface area contributed by atoms with E-state index in [2.05, 4.69) is 29.1 Å². The number of hydrogen-bond acceptors (Lipinski definition) is 3. The van der Waals surface area contributed by atoms with E-state index in [0.717, 1.165) is 31.0 Å². The molecule has 0 atom stereocenters. The van der Waals surface area contributed by atoms with E-state index in [1.54, 1.807) is 11.3 Å². The molecule has 80 valence electrons. The van der Waals surface area contributed by atoms with Crippen molar-refractivity contribution in [3.8, 4) is 0 Å². The number of thiophene rings is 1. The van der Waals surface area contributed by atoms with Crippen LogP contribution in [0.5, 0.6) is 0 Å². The first-order chi connectivity index (χ1) is 7.38. The number of aryl methyl sites for hydroxylation is 1. The third-order valence-electron chi connectivity index (χ3n) is 2.27. The Morgan fingerprint density at radius 3 is 2.73 bits per heavy atom. The minimum atomic E-state index is 0.801. The fourth-order valence-corrected chi connectivity index (χ4v) is 2.10. The first-order valence-corrected chi connectivity index (χ1v) is 6.12. The second-order valence-electron chi connectivity index (χ2n) is 3.46. The smallest absolute Gasteiger partial charge is 0.117 e. The van der Waals surface area contributed by atoms with E-state index in [-0.39, 0.29) is 0 Å². The second kappa shape index (κ2) is 5.14. The van der Waals surface area contributed by atoms with Gasteiger partial charge in [-0.1, -0.05) is 6.92 Å². The molecule has 0 aromatic carbocycles. The van der Waals surface area contributed by atoms with Crippen LogP contribution >= 0.6 is 11.3 Å². The van der Waals surface area contributed by atoms with E-state index in [1.165, 1.54) is 5.56 Å². The van der Waals surface area contributed by atoms with Gasteiger partial charge in [-0.2, -0.15) is 11.3 Å². The minimum Gasteiger partial charge on any atom is -0.465 e. The van der Waals surface area contributed by atoms with Crippen molar-refractivity contribution in [3.63, 3.8) is 0 Å². The molecular weight excluding hydrogens is 206 g/mol. The Bertz CT molecular complexity index is 391. The molecule has 1 N–H and O–H groups in total. The monoisotopic (exact) mass is 221 g/mol. The highest BCUT2D eigenvalue weighted by atomic mass is 32.1. The molecule has 2 rings (SSSR count). The topological polar surface area (TPSA) is 25.2 Å². The van der Waals surface area contributed by atoms with Crippen LogP contribution in [0.2, 0.25) is 0 Å². The summed E-state index contributed by atoms with van der Waals surface area (Å²) in [6.07, 6.45) is 0.963. The number of furan rings is 1. The average molecular weight is 221 g/mol. The summed E-state index contributed by atoms with van der Waals surface area (Å²) in [6, 6.07) is 6.22. The maximum atomic E-state index is 5.59. The summed E-state index contributed by atoms with van der Waals surface area (Å²) in [6.45, 7) is 3.81. The normalized spacial score (nSPS) is 10.7. The van der Waals surface area contributed by atoms with Crippen molar-refractivity contribution in [2.24, 2.45) is 0 Å². The summed E-state index contributed by atoms with van der Waals surface area (Å²) in [5.74, 6) is 2.07. The molecule has 0 bridgehead atoms. The molecule has 0 saturated heterocycles. The van der Waals surface area contributed by atoms with Crippen LogP contribution in [0.25, 0.3) is 0 Å². The molecule has 0 aliphatic carbocycles. The third kappa shape index (κ3) is 2.94. The predicted molar refractivity (Wildman–Crippen MR) is 62.9 cm³/mol. The summed E-state index contributed by atoms with van der Waals surface area (Å²) >= 11 is 1.73. The fraction of sp³-hybridized carbons (Fsp3) is 0.333. The summed E-state index contributed by atoms with van der Waals surface area (Å²) in [5, 5.41) is 7.61. The van der Waals surface area contributed by atoms with Gasteiger partial charge in [0.05, 0.1) is 6.54 Å². The van der Waals surface area contributed by atoms with Gasteiger partial charge in [0.25, 0.3) is 0 Å². The second-order valence-corrected chi connectivity index (χ2v) is 4.24. The van der Waals surface area contributed by atoms with Crippen LogP contribution in [-0.2, 0) is 19.5 Å². The van der Waals surface area contributed by atoms with Gasteiger partial charge < -0.3 is 9.73 Å². The Balaban J connectivity index is 1.78. The number of hydrogen-bond donors (Lipinski definition) is 1. The van der Waals surface area contributed by atoms with Crippen LogP contribution in [-0.4, -0.2) is 0 Å². The van der Waals surface area contributed by atoms with E-state index in [1.807, 2.05) is 12.1 Å². The van der Waals surface area contributed by atoms with Crippen molar-refractivity contribution in [1.82, 2.24) is 5.32 Å². The molecule has 0 saturated carbocycles. The highest BCUT2D eigenvalue weighted by molar-refractivity contribution is 7.07. The van der Waals surface area contributed by atoms with Gasteiger partial charge in [-0.05, 0) is 34.5 Å². The molecule has 0 amide bonds. The van der Waals surface area contributed by atoms with Gasteiger partial charge >= 0.3 is 0 Å². The van der Waals surface area contributed by atoms with Crippen LogP contribution in [0.1, 0.15) is 24.0 Å². The highest BCUT2D eigenvalue weighted by Crippen LogP contribution is 2.09. The molecule has 3 heteroatoms. The van der Waals surface area contributed by atoms with Gasteiger partial charge in [-0.25, -0.2) is 0 Å². The standard InChI is InChI=1S/C12H15NOS/c1-2-11-3-4-12(14-11)8-13-7-10-5-6-15-9-10/h3-6,9,13H,2,7-8H2,1H3. The Hall–Kier alpha value is -1.06. The molecule has 2 heterocycles. The molecule has 0 unspecified atom stereocenters. The zero-order valence-corrected chi connectivity index (χ0v) is 9.64. The van der Waals surface area contributed by atoms with Gasteiger partial charge in [-0.3, -0.25) is 0 Å². The van der Waals surface area contributed by atoms with Crippen molar-refractivity contribution in [2.75, 3.05) is 0 Å². The van der Waals surface area contributed by atoms with Crippen LogP contribution in [0.15, 0.2) is 33.4 Å². The zero-order chi connectivity index (χ0) is 10.5. The van der Waals surface area contributed by atoms with Crippen LogP contribution in [0.4, 0.5) is 0 Å². The zero-order valence-electron chi connectivity index (χ0n) is 8.82. The molecule has 2 aromatic rings. The predicted octanol–water partition coefficient (Wildman–Crippen LogP) is 3.19. The SMILES string of the molecule is CCc1ccc(CNCc2ccsc2)o1. The maximum absolute atomic E-state index is 5.59. The van der Waals surface area contributed by atoms with Crippen molar-refractivity contribution in [3.05, 3.63) is 46.0 Å². The summed E-state index contributed by atoms with van der Waals surface area (Å²) in [4.78, 5) is 0. The molecule has 2 aromatic heterocycles. The molecule has 0 aliphatic rings. The highest BCUT2D eigenvalue weighted by Gasteiger charge is 1.99. The third-order valence-corrected chi connectivity index (χ3v) is 3.01. The van der Waals surface area contributed by atoms with Crippen molar-refractivity contribution in [2.45, 2.75) is 26.4 Å². The van der Waals surface area contributed by atoms with Gasteiger partial charge in [0.15, 0.2) is 0 Å². The molecule has 0 fully saturated rings. The lowest BCUT2D eigenvalue weighted by molar-refractivity contribution is 0.450. The number of rotatable bonds is 5. The molecule has 0 aliphatic heterocycles. The average Bonchev–Trinajstić information content (AvgIpc) is 2.88. The lowest BCUT2D eigenvalue weighted by Gasteiger charge is -2.00. The molecular formula is C12H15NOS. The van der Waals surface area contributed by atoms with Crippen molar-refractivity contribution >= 4 is 11.3 Å². The lowest BCUT2D eigenvalue weighted by atomic mass is 10.3. The Kier molecular flexibility index (Phi) is 3.59. The van der Waals surface area contributed by atoms with Crippen LogP contribution in [0, 0.1) is 0 Å². The van der Waals surface area contributed by atoms with Gasteiger partial charge in [0.1, 0.15) is 11.5 Å². The first kappa shape index (κ1) is 10.5. The Labute approximate surface area is 93.9 Å². The number of nitrogens with one attached hydrogen (secondary N) is 1. The van der Waals surface area contributed by atoms with Gasteiger partial charge in [0.2, 0.25) is 0 Å². The molecule has 0 spiro atoms. The molecule has 15 heavy (non-hydrogen) atoms. The first-order valence-electron chi connectivity index (χ1n) is 5.18. The van der Waals surface area contributed by atoms with E-state index < -0.39 is 0 Å². The Morgan fingerprint density at radius 2 is 2.07 bits per heavy atom. The molecule has 0 radical (unpaired) electrons. The lowest BCUT2D eigenvalue weighted by Crippen LogP contribution is -2.11. The van der Waals surface area contributed by atoms with Gasteiger partial charge in [-0.15, -0.1) is 0 Å². The summed E-state index contributed by atoms with van der Waals surface area (Å²) < 4.78 is 5.59. The summed E-state index contributed by atoms with van der Waals surface area (Å²) in [7, 11) is 0. The van der Waals surface area contributed by atoms with E-state index in [0.29, 0.717) is 0 Å². The largest absolute Gasteiger partial charge is 0.465 e. The van der Waals surface area contributed by atoms with Crippen LogP contribution in [0.3, 0.4) is 0 Å². The van der Waals surface area contributed by atoms with Crippen LogP contribution < -0.4 is 5.32 Å². The van der Waals surface area contributed by atoms with E-state index >= 15 is 0 Å². The van der Waals surface area contributed by atoms with Crippen molar-refractivity contribution < 1.29 is 4.42 Å². The summed E-state index contributed by atoms with van der Waals surface area (Å²) in [5.41, 5.74) is 1.34. The minimum absolute atomic E-state index is 0.801.